The molecule has 1 aromatic heterocycles. The lowest BCUT2D eigenvalue weighted by molar-refractivity contribution is -0.155. The van der Waals surface area contributed by atoms with Gasteiger partial charge in [-0.2, -0.15) is 5.10 Å². The molecule has 0 saturated heterocycles. The summed E-state index contributed by atoms with van der Waals surface area (Å²) < 4.78 is 5.12. The first-order valence-electron chi connectivity index (χ1n) is 6.25. The van der Waals surface area contributed by atoms with Gasteiger partial charge < -0.3 is 10.1 Å². The molecule has 0 radical (unpaired) electrons. The van der Waals surface area contributed by atoms with Gasteiger partial charge in [0.25, 0.3) is 0 Å². The first-order chi connectivity index (χ1) is 8.78. The van der Waals surface area contributed by atoms with Crippen LogP contribution >= 0.6 is 0 Å². The van der Waals surface area contributed by atoms with Crippen LogP contribution in [0, 0.1) is 6.92 Å². The molecule has 0 fully saturated rings. The van der Waals surface area contributed by atoms with Crippen LogP contribution in [-0.4, -0.2) is 27.7 Å². The van der Waals surface area contributed by atoms with Crippen molar-refractivity contribution in [2.75, 3.05) is 0 Å². The summed E-state index contributed by atoms with van der Waals surface area (Å²) in [6.45, 7) is 7.69. The highest BCUT2D eigenvalue weighted by atomic mass is 16.6. The molecule has 1 heterocycles. The van der Waals surface area contributed by atoms with E-state index in [0.29, 0.717) is 6.54 Å². The molecule has 0 aromatic carbocycles. The molecule has 0 aliphatic carbocycles. The number of aryl methyl sites for hydroxylation is 1. The highest BCUT2D eigenvalue weighted by Gasteiger charge is 2.17. The van der Waals surface area contributed by atoms with Crippen LogP contribution in [0.15, 0.2) is 6.20 Å². The van der Waals surface area contributed by atoms with Gasteiger partial charge in [-0.1, -0.05) is 0 Å². The number of aromatic amines is 1. The minimum absolute atomic E-state index is 0.0907. The Hall–Kier alpha value is -1.85. The summed E-state index contributed by atoms with van der Waals surface area (Å²) in [5, 5.41) is 9.39. The van der Waals surface area contributed by atoms with E-state index in [0.717, 1.165) is 11.3 Å². The number of ether oxygens (including phenoxy) is 1. The summed E-state index contributed by atoms with van der Waals surface area (Å²) in [5.41, 5.74) is 1.35. The molecule has 2 N–H and O–H groups in total. The van der Waals surface area contributed by atoms with Gasteiger partial charge in [-0.3, -0.25) is 14.7 Å². The number of H-pyrrole nitrogens is 1. The topological polar surface area (TPSA) is 84.1 Å². The number of hydrogen-bond donors (Lipinski definition) is 2. The Morgan fingerprint density at radius 1 is 1.37 bits per heavy atom. The summed E-state index contributed by atoms with van der Waals surface area (Å²) in [5.74, 6) is -0.534. The van der Waals surface area contributed by atoms with E-state index in [1.165, 1.54) is 0 Å². The van der Waals surface area contributed by atoms with Crippen LogP contribution in [0.2, 0.25) is 0 Å². The average Bonchev–Trinajstić information content (AvgIpc) is 2.67. The molecule has 1 aromatic rings. The third-order valence-corrected chi connectivity index (χ3v) is 2.39. The van der Waals surface area contributed by atoms with E-state index in [1.54, 1.807) is 27.0 Å². The lowest BCUT2D eigenvalue weighted by Crippen LogP contribution is -2.27. The van der Waals surface area contributed by atoms with Gasteiger partial charge in [-0.05, 0) is 27.7 Å². The molecule has 0 bridgehead atoms. The number of rotatable bonds is 5. The first kappa shape index (κ1) is 15.2. The van der Waals surface area contributed by atoms with Crippen molar-refractivity contribution in [3.63, 3.8) is 0 Å². The molecule has 1 rings (SSSR count). The van der Waals surface area contributed by atoms with Crippen molar-refractivity contribution in [1.82, 2.24) is 15.5 Å². The lowest BCUT2D eigenvalue weighted by atomic mass is 10.2. The molecule has 0 saturated carbocycles. The molecule has 106 valence electrons. The Morgan fingerprint density at radius 2 is 2.05 bits per heavy atom. The fourth-order valence-corrected chi connectivity index (χ4v) is 1.44. The van der Waals surface area contributed by atoms with Gasteiger partial charge >= 0.3 is 5.97 Å². The first-order valence-corrected chi connectivity index (χ1v) is 6.25. The fraction of sp³-hybridized carbons (Fsp3) is 0.615. The SMILES string of the molecule is Cc1[nH]ncc1CNC(=O)CCC(=O)OC(C)(C)C. The molecule has 0 atom stereocenters. The van der Waals surface area contributed by atoms with Gasteiger partial charge in [-0.15, -0.1) is 0 Å². The third kappa shape index (κ3) is 6.03. The van der Waals surface area contributed by atoms with Crippen molar-refractivity contribution in [3.8, 4) is 0 Å². The van der Waals surface area contributed by atoms with Crippen LogP contribution in [0.1, 0.15) is 44.9 Å². The number of amides is 1. The Bertz CT molecular complexity index is 446. The van der Waals surface area contributed by atoms with E-state index in [2.05, 4.69) is 15.5 Å². The third-order valence-electron chi connectivity index (χ3n) is 2.39. The molecular formula is C13H21N3O3. The number of carbonyl (C=O) groups excluding carboxylic acids is 2. The Balaban J connectivity index is 2.25. The van der Waals surface area contributed by atoms with Crippen LogP contribution in [0.25, 0.3) is 0 Å². The Morgan fingerprint density at radius 3 is 2.58 bits per heavy atom. The van der Waals surface area contributed by atoms with E-state index >= 15 is 0 Å². The highest BCUT2D eigenvalue weighted by Crippen LogP contribution is 2.09. The van der Waals surface area contributed by atoms with Crippen LogP contribution in [-0.2, 0) is 20.9 Å². The minimum Gasteiger partial charge on any atom is -0.460 e. The number of nitrogens with zero attached hydrogens (tertiary/aromatic N) is 1. The van der Waals surface area contributed by atoms with E-state index in [4.69, 9.17) is 4.74 Å². The lowest BCUT2D eigenvalue weighted by Gasteiger charge is -2.19. The van der Waals surface area contributed by atoms with Crippen LogP contribution in [0.5, 0.6) is 0 Å². The molecular weight excluding hydrogens is 246 g/mol. The molecule has 0 unspecified atom stereocenters. The average molecular weight is 267 g/mol. The van der Waals surface area contributed by atoms with Crippen molar-refractivity contribution in [1.29, 1.82) is 0 Å². The van der Waals surface area contributed by atoms with E-state index in [1.807, 2.05) is 6.92 Å². The standard InChI is InChI=1S/C13H21N3O3/c1-9-10(8-15-16-9)7-14-11(17)5-6-12(18)19-13(2,3)4/h8H,5-7H2,1-4H3,(H,14,17)(H,15,16). The van der Waals surface area contributed by atoms with Crippen molar-refractivity contribution < 1.29 is 14.3 Å². The molecule has 19 heavy (non-hydrogen) atoms. The van der Waals surface area contributed by atoms with Gasteiger partial charge in [0.15, 0.2) is 0 Å². The fourth-order valence-electron chi connectivity index (χ4n) is 1.44. The zero-order chi connectivity index (χ0) is 14.5. The second-order valence-corrected chi connectivity index (χ2v) is 5.38. The molecule has 0 aliphatic rings. The minimum atomic E-state index is -0.512. The highest BCUT2D eigenvalue weighted by molar-refractivity contribution is 5.81. The summed E-state index contributed by atoms with van der Waals surface area (Å²) >= 11 is 0. The zero-order valence-corrected chi connectivity index (χ0v) is 11.9. The number of esters is 1. The largest absolute Gasteiger partial charge is 0.460 e. The predicted molar refractivity (Wildman–Crippen MR) is 70.3 cm³/mol. The molecule has 1 amide bonds. The van der Waals surface area contributed by atoms with E-state index in [-0.39, 0.29) is 24.7 Å². The number of hydrogen-bond acceptors (Lipinski definition) is 4. The summed E-state index contributed by atoms with van der Waals surface area (Å²) in [4.78, 5) is 23.0. The van der Waals surface area contributed by atoms with Crippen molar-refractivity contribution >= 4 is 11.9 Å². The summed E-state index contributed by atoms with van der Waals surface area (Å²) in [6, 6.07) is 0. The number of aromatic nitrogens is 2. The van der Waals surface area contributed by atoms with Gasteiger partial charge in [0.2, 0.25) is 5.91 Å². The molecule has 6 nitrogen and oxygen atoms in total. The maximum atomic E-state index is 11.6. The second-order valence-electron chi connectivity index (χ2n) is 5.38. The van der Waals surface area contributed by atoms with Crippen molar-refractivity contribution in [2.45, 2.75) is 52.7 Å². The molecule has 0 aliphatic heterocycles. The normalized spacial score (nSPS) is 11.2. The Labute approximate surface area is 112 Å². The number of carbonyl (C=O) groups is 2. The summed E-state index contributed by atoms with van der Waals surface area (Å²) in [6.07, 6.45) is 1.89. The van der Waals surface area contributed by atoms with Crippen molar-refractivity contribution in [3.05, 3.63) is 17.5 Å². The molecule has 6 heteroatoms. The van der Waals surface area contributed by atoms with Crippen LogP contribution in [0.4, 0.5) is 0 Å². The Kier molecular flexibility index (Phi) is 5.09. The maximum absolute atomic E-state index is 11.6. The zero-order valence-electron chi connectivity index (χ0n) is 11.9. The predicted octanol–water partition coefficient (Wildman–Crippen LogP) is 1.46. The van der Waals surface area contributed by atoms with Crippen LogP contribution < -0.4 is 5.32 Å². The smallest absolute Gasteiger partial charge is 0.306 e. The van der Waals surface area contributed by atoms with E-state index < -0.39 is 5.60 Å². The van der Waals surface area contributed by atoms with Gasteiger partial charge in [-0.25, -0.2) is 0 Å². The quantitative estimate of drug-likeness (QED) is 0.791. The molecule has 0 spiro atoms. The van der Waals surface area contributed by atoms with Gasteiger partial charge in [0.1, 0.15) is 5.60 Å². The van der Waals surface area contributed by atoms with Gasteiger partial charge in [0.05, 0.1) is 12.6 Å². The number of nitrogens with one attached hydrogen (secondary N) is 2. The summed E-state index contributed by atoms with van der Waals surface area (Å²) in [7, 11) is 0. The second kappa shape index (κ2) is 6.36. The van der Waals surface area contributed by atoms with E-state index in [9.17, 15) is 9.59 Å². The maximum Gasteiger partial charge on any atom is 0.306 e. The van der Waals surface area contributed by atoms with Gasteiger partial charge in [0, 0.05) is 24.2 Å². The monoisotopic (exact) mass is 267 g/mol. The van der Waals surface area contributed by atoms with Crippen LogP contribution in [0.3, 0.4) is 0 Å². The van der Waals surface area contributed by atoms with Crippen molar-refractivity contribution in [2.24, 2.45) is 0 Å².